The molecule has 0 saturated carbocycles. The molecular weight excluding hydrogens is 307 g/mol. The second-order valence-electron chi connectivity index (χ2n) is 5.70. The summed E-state index contributed by atoms with van der Waals surface area (Å²) in [5.74, 6) is -0.422. The van der Waals surface area contributed by atoms with Gasteiger partial charge in [0.2, 0.25) is 0 Å². The zero-order valence-electron chi connectivity index (χ0n) is 13.6. The molecule has 0 bridgehead atoms. The minimum absolute atomic E-state index is 0.156. The van der Waals surface area contributed by atoms with Gasteiger partial charge in [-0.05, 0) is 37.6 Å². The van der Waals surface area contributed by atoms with Gasteiger partial charge in [-0.25, -0.2) is 9.37 Å². The van der Waals surface area contributed by atoms with Crippen LogP contribution in [0.25, 0.3) is 16.8 Å². The number of carbonyl (C=O) groups is 1. The molecule has 0 spiro atoms. The Balaban J connectivity index is 2.17. The van der Waals surface area contributed by atoms with E-state index >= 15 is 0 Å². The average Bonchev–Trinajstić information content (AvgIpc) is 2.92. The second kappa shape index (κ2) is 6.31. The van der Waals surface area contributed by atoms with Crippen LogP contribution in [0, 0.1) is 12.7 Å². The molecule has 0 aliphatic heterocycles. The molecule has 0 unspecified atom stereocenters. The second-order valence-corrected chi connectivity index (χ2v) is 5.70. The molecule has 1 amide bonds. The van der Waals surface area contributed by atoms with Crippen molar-refractivity contribution < 1.29 is 9.18 Å². The molecule has 3 rings (SSSR count). The number of nitrogens with zero attached hydrogens (tertiary/aromatic N) is 2. The van der Waals surface area contributed by atoms with Crippen LogP contribution in [0.4, 0.5) is 10.2 Å². The van der Waals surface area contributed by atoms with Gasteiger partial charge in [0.25, 0.3) is 5.91 Å². The van der Waals surface area contributed by atoms with Gasteiger partial charge >= 0.3 is 0 Å². The number of nitrogens with two attached hydrogens (primary N) is 1. The Hall–Kier alpha value is -2.89. The third-order valence-electron chi connectivity index (χ3n) is 3.85. The highest BCUT2D eigenvalue weighted by atomic mass is 19.1. The zero-order valence-corrected chi connectivity index (χ0v) is 13.6. The number of aromatic nitrogens is 2. The van der Waals surface area contributed by atoms with Crippen LogP contribution in [0.3, 0.4) is 0 Å². The molecule has 0 saturated heterocycles. The van der Waals surface area contributed by atoms with Gasteiger partial charge in [-0.15, -0.1) is 0 Å². The molecule has 3 N–H and O–H groups in total. The van der Waals surface area contributed by atoms with E-state index in [0.29, 0.717) is 23.3 Å². The number of carbonyl (C=O) groups excluding carboxylic acids is 1. The summed E-state index contributed by atoms with van der Waals surface area (Å²) >= 11 is 0. The number of nitrogens with one attached hydrogen (secondary N) is 1. The minimum Gasteiger partial charge on any atom is -0.383 e. The number of nitrogen functional groups attached to an aromatic ring is 1. The van der Waals surface area contributed by atoms with E-state index in [1.807, 2.05) is 13.8 Å². The van der Waals surface area contributed by atoms with Crippen molar-refractivity contribution >= 4 is 17.4 Å². The predicted octanol–water partition coefficient (Wildman–Crippen LogP) is 3.17. The fraction of sp³-hybridized carbons (Fsp3) is 0.222. The Morgan fingerprint density at radius 3 is 2.88 bits per heavy atom. The highest BCUT2D eigenvalue weighted by Crippen LogP contribution is 2.29. The van der Waals surface area contributed by atoms with Crippen molar-refractivity contribution in [3.05, 3.63) is 53.6 Å². The van der Waals surface area contributed by atoms with E-state index in [4.69, 9.17) is 5.73 Å². The van der Waals surface area contributed by atoms with Crippen molar-refractivity contribution in [3.8, 4) is 11.1 Å². The summed E-state index contributed by atoms with van der Waals surface area (Å²) in [5, 5.41) is 2.76. The highest BCUT2D eigenvalue weighted by molar-refractivity contribution is 5.98. The maximum Gasteiger partial charge on any atom is 0.273 e. The molecule has 0 atom stereocenters. The van der Waals surface area contributed by atoms with E-state index < -0.39 is 0 Å². The number of halogens is 1. The summed E-state index contributed by atoms with van der Waals surface area (Å²) in [6, 6.07) is 8.42. The number of anilines is 1. The first-order valence-corrected chi connectivity index (χ1v) is 7.84. The van der Waals surface area contributed by atoms with E-state index in [-0.39, 0.29) is 23.2 Å². The van der Waals surface area contributed by atoms with Gasteiger partial charge < -0.3 is 11.1 Å². The first-order valence-electron chi connectivity index (χ1n) is 7.84. The van der Waals surface area contributed by atoms with Gasteiger partial charge in [-0.2, -0.15) is 0 Å². The molecule has 3 aromatic rings. The van der Waals surface area contributed by atoms with E-state index in [2.05, 4.69) is 10.3 Å². The smallest absolute Gasteiger partial charge is 0.273 e. The Bertz CT molecular complexity index is 917. The third-order valence-corrected chi connectivity index (χ3v) is 3.85. The van der Waals surface area contributed by atoms with Gasteiger partial charge in [0.15, 0.2) is 5.69 Å². The quantitative estimate of drug-likeness (QED) is 0.773. The van der Waals surface area contributed by atoms with Crippen LogP contribution in [-0.2, 0) is 0 Å². The van der Waals surface area contributed by atoms with Crippen LogP contribution >= 0.6 is 0 Å². The van der Waals surface area contributed by atoms with Crippen LogP contribution in [0.2, 0.25) is 0 Å². The Morgan fingerprint density at radius 2 is 2.12 bits per heavy atom. The minimum atomic E-state index is -0.341. The monoisotopic (exact) mass is 326 g/mol. The van der Waals surface area contributed by atoms with Gasteiger partial charge in [0, 0.05) is 23.9 Å². The largest absolute Gasteiger partial charge is 0.383 e. The van der Waals surface area contributed by atoms with Crippen LogP contribution in [-0.4, -0.2) is 21.8 Å². The molecule has 0 radical (unpaired) electrons. The molecule has 2 aromatic heterocycles. The number of fused-ring (bicyclic) bond motifs is 1. The van der Waals surface area contributed by atoms with Crippen molar-refractivity contribution in [3.63, 3.8) is 0 Å². The highest BCUT2D eigenvalue weighted by Gasteiger charge is 2.19. The number of hydrogen-bond donors (Lipinski definition) is 2. The maximum absolute atomic E-state index is 14.3. The fourth-order valence-electron chi connectivity index (χ4n) is 2.63. The molecule has 24 heavy (non-hydrogen) atoms. The lowest BCUT2D eigenvalue weighted by molar-refractivity contribution is 0.0950. The van der Waals surface area contributed by atoms with E-state index in [1.165, 1.54) is 6.07 Å². The number of amides is 1. The van der Waals surface area contributed by atoms with Gasteiger partial charge in [0.1, 0.15) is 17.3 Å². The van der Waals surface area contributed by atoms with Crippen molar-refractivity contribution in [2.75, 3.05) is 12.3 Å². The lowest BCUT2D eigenvalue weighted by Gasteiger charge is -2.06. The van der Waals surface area contributed by atoms with E-state index in [9.17, 15) is 9.18 Å². The van der Waals surface area contributed by atoms with Crippen LogP contribution < -0.4 is 11.1 Å². The topological polar surface area (TPSA) is 72.4 Å². The van der Waals surface area contributed by atoms with Crippen molar-refractivity contribution in [2.45, 2.75) is 20.3 Å². The summed E-state index contributed by atoms with van der Waals surface area (Å²) in [7, 11) is 0. The molecule has 1 aromatic carbocycles. The number of pyridine rings is 1. The SMILES string of the molecule is CCCNC(=O)c1nc2c(-c3cc(C)ccc3F)cccn2c1N. The molecule has 0 fully saturated rings. The van der Waals surface area contributed by atoms with Crippen molar-refractivity contribution in [2.24, 2.45) is 0 Å². The summed E-state index contributed by atoms with van der Waals surface area (Å²) in [5.41, 5.74) is 8.66. The zero-order chi connectivity index (χ0) is 17.3. The Morgan fingerprint density at radius 1 is 1.33 bits per heavy atom. The average molecular weight is 326 g/mol. The summed E-state index contributed by atoms with van der Waals surface area (Å²) in [4.78, 5) is 16.6. The molecule has 0 aliphatic rings. The van der Waals surface area contributed by atoms with E-state index in [0.717, 1.165) is 12.0 Å². The summed E-state index contributed by atoms with van der Waals surface area (Å²) < 4.78 is 15.9. The number of rotatable bonds is 4. The molecule has 5 nitrogen and oxygen atoms in total. The van der Waals surface area contributed by atoms with Crippen molar-refractivity contribution in [1.82, 2.24) is 14.7 Å². The number of aryl methyl sites for hydroxylation is 1. The Labute approximate surface area is 139 Å². The van der Waals surface area contributed by atoms with Gasteiger partial charge in [-0.1, -0.05) is 18.6 Å². The van der Waals surface area contributed by atoms with Gasteiger partial charge in [0.05, 0.1) is 0 Å². The number of hydrogen-bond acceptors (Lipinski definition) is 3. The van der Waals surface area contributed by atoms with Crippen LogP contribution in [0.5, 0.6) is 0 Å². The van der Waals surface area contributed by atoms with Gasteiger partial charge in [-0.3, -0.25) is 9.20 Å². The molecule has 124 valence electrons. The molecule has 2 heterocycles. The van der Waals surface area contributed by atoms with E-state index in [1.54, 1.807) is 34.9 Å². The Kier molecular flexibility index (Phi) is 4.20. The standard InChI is InChI=1S/C18H19FN4O/c1-3-8-21-18(24)15-16(20)23-9-4-5-12(17(23)22-15)13-10-11(2)6-7-14(13)19/h4-7,9-10H,3,8,20H2,1-2H3,(H,21,24). The summed E-state index contributed by atoms with van der Waals surface area (Å²) in [6.07, 6.45) is 2.53. The first-order chi connectivity index (χ1) is 11.5. The molecule has 6 heteroatoms. The van der Waals surface area contributed by atoms with Crippen molar-refractivity contribution in [1.29, 1.82) is 0 Å². The summed E-state index contributed by atoms with van der Waals surface area (Å²) in [6.45, 7) is 4.41. The predicted molar refractivity (Wildman–Crippen MR) is 92.4 cm³/mol. The lowest BCUT2D eigenvalue weighted by Crippen LogP contribution is -2.25. The lowest BCUT2D eigenvalue weighted by atomic mass is 10.0. The van der Waals surface area contributed by atoms with Crippen LogP contribution in [0.15, 0.2) is 36.5 Å². The number of imidazole rings is 1. The maximum atomic E-state index is 14.3. The third kappa shape index (κ3) is 2.71. The first kappa shape index (κ1) is 16.0. The van der Waals surface area contributed by atoms with Crippen LogP contribution in [0.1, 0.15) is 29.4 Å². The molecular formula is C18H19FN4O. The molecule has 0 aliphatic carbocycles. The fourth-order valence-corrected chi connectivity index (χ4v) is 2.63. The number of benzene rings is 1. The normalized spacial score (nSPS) is 11.0.